The van der Waals surface area contributed by atoms with Crippen LogP contribution in [0.25, 0.3) is 0 Å². The van der Waals surface area contributed by atoms with Crippen molar-refractivity contribution in [1.29, 1.82) is 0 Å². The Balaban J connectivity index is 1.76. The Morgan fingerprint density at radius 3 is 2.66 bits per heavy atom. The summed E-state index contributed by atoms with van der Waals surface area (Å²) >= 11 is 2.00. The van der Waals surface area contributed by atoms with Crippen molar-refractivity contribution >= 4 is 40.6 Å². The van der Waals surface area contributed by atoms with Gasteiger partial charge in [-0.05, 0) is 62.1 Å². The van der Waals surface area contributed by atoms with E-state index in [1.54, 1.807) is 20.8 Å². The first-order chi connectivity index (χ1) is 13.6. The van der Waals surface area contributed by atoms with Gasteiger partial charge in [0.1, 0.15) is 27.6 Å². The fourth-order valence-corrected chi connectivity index (χ4v) is 3.86. The minimum atomic E-state index is -0.970. The van der Waals surface area contributed by atoms with E-state index < -0.39 is 29.7 Å². The van der Waals surface area contributed by atoms with Crippen molar-refractivity contribution in [2.24, 2.45) is 5.92 Å². The van der Waals surface area contributed by atoms with Gasteiger partial charge >= 0.3 is 12.1 Å². The van der Waals surface area contributed by atoms with Crippen LogP contribution >= 0.6 is 22.6 Å². The normalized spacial score (nSPS) is 24.3. The van der Waals surface area contributed by atoms with Crippen LogP contribution in [0, 0.1) is 9.62 Å². The van der Waals surface area contributed by atoms with Crippen molar-refractivity contribution in [2.45, 2.75) is 63.8 Å². The first-order valence-corrected chi connectivity index (χ1v) is 10.4. The zero-order valence-electron chi connectivity index (χ0n) is 16.7. The standard InChI is InChI=1S/C18H25IN4O6/c1-18(2,3)29-17(26)20-11(7-13-21-12(19)8-28-13)15(24)23-10-5-9(6-10)14(22-23)16(25)27-4/h8-11,14,22H,5-7H2,1-4H3,(H,20,26)/t9?,10?,11-,14-/m0/s1. The summed E-state index contributed by atoms with van der Waals surface area (Å²) in [5.74, 6) is -0.343. The Labute approximate surface area is 182 Å². The summed E-state index contributed by atoms with van der Waals surface area (Å²) in [7, 11) is 1.32. The van der Waals surface area contributed by atoms with Crippen molar-refractivity contribution < 1.29 is 28.3 Å². The number of amides is 2. The van der Waals surface area contributed by atoms with Gasteiger partial charge in [-0.1, -0.05) is 0 Å². The lowest BCUT2D eigenvalue weighted by molar-refractivity contribution is -0.167. The Hall–Kier alpha value is -1.89. The minimum Gasteiger partial charge on any atom is -0.468 e. The van der Waals surface area contributed by atoms with Gasteiger partial charge in [-0.15, -0.1) is 0 Å². The van der Waals surface area contributed by atoms with Crippen LogP contribution in [0.4, 0.5) is 4.79 Å². The summed E-state index contributed by atoms with van der Waals surface area (Å²) in [4.78, 5) is 41.8. The first kappa shape index (κ1) is 21.8. The molecule has 0 spiro atoms. The second-order valence-corrected chi connectivity index (χ2v) is 9.30. The van der Waals surface area contributed by atoms with Gasteiger partial charge in [-0.25, -0.2) is 15.2 Å². The number of carbonyl (C=O) groups excluding carboxylic acids is 3. The number of hydrazine groups is 1. The van der Waals surface area contributed by atoms with E-state index in [0.717, 1.165) is 0 Å². The molecule has 3 aliphatic rings. The van der Waals surface area contributed by atoms with Crippen LogP contribution in [0.5, 0.6) is 0 Å². The molecule has 2 bridgehead atoms. The number of alkyl carbamates (subject to hydrolysis) is 1. The quantitative estimate of drug-likeness (QED) is 0.441. The third-order valence-electron chi connectivity index (χ3n) is 4.85. The Kier molecular flexibility index (Phi) is 6.36. The van der Waals surface area contributed by atoms with Crippen LogP contribution in [-0.4, -0.2) is 58.8 Å². The van der Waals surface area contributed by atoms with E-state index in [1.165, 1.54) is 18.4 Å². The molecule has 1 aromatic rings. The molecule has 4 rings (SSSR count). The van der Waals surface area contributed by atoms with Crippen molar-refractivity contribution in [3.05, 3.63) is 15.9 Å². The molecule has 2 saturated heterocycles. The lowest BCUT2D eigenvalue weighted by atomic mass is 9.73. The molecule has 2 N–H and O–H groups in total. The molecule has 3 heterocycles. The van der Waals surface area contributed by atoms with E-state index >= 15 is 0 Å². The molecule has 1 aliphatic carbocycles. The van der Waals surface area contributed by atoms with Gasteiger partial charge in [0.05, 0.1) is 13.5 Å². The number of oxazole rings is 1. The van der Waals surface area contributed by atoms with Crippen LogP contribution in [0.15, 0.2) is 10.7 Å². The highest BCUT2D eigenvalue weighted by Gasteiger charge is 2.51. The molecule has 2 amide bonds. The second-order valence-electron chi connectivity index (χ2n) is 8.19. The molecule has 11 heteroatoms. The number of fused-ring (bicyclic) bond motifs is 2. The van der Waals surface area contributed by atoms with E-state index in [0.29, 0.717) is 22.4 Å². The maximum absolute atomic E-state index is 13.3. The average Bonchev–Trinajstić information content (AvgIpc) is 3.01. The van der Waals surface area contributed by atoms with Crippen LogP contribution in [-0.2, 0) is 25.5 Å². The highest BCUT2D eigenvalue weighted by Crippen LogP contribution is 2.39. The van der Waals surface area contributed by atoms with Crippen LogP contribution in [0.1, 0.15) is 39.5 Å². The van der Waals surface area contributed by atoms with Crippen molar-refractivity contribution in [1.82, 2.24) is 20.7 Å². The Morgan fingerprint density at radius 2 is 2.10 bits per heavy atom. The largest absolute Gasteiger partial charge is 0.468 e. The maximum atomic E-state index is 13.3. The van der Waals surface area contributed by atoms with Crippen LogP contribution in [0.2, 0.25) is 0 Å². The highest BCUT2D eigenvalue weighted by atomic mass is 127. The number of aromatic nitrogens is 1. The number of carbonyl (C=O) groups is 3. The zero-order valence-corrected chi connectivity index (χ0v) is 18.9. The van der Waals surface area contributed by atoms with E-state index in [1.807, 2.05) is 22.6 Å². The topological polar surface area (TPSA) is 123 Å². The number of esters is 1. The molecule has 0 radical (unpaired) electrons. The van der Waals surface area contributed by atoms with Crippen molar-refractivity contribution in [3.8, 4) is 0 Å². The van der Waals surface area contributed by atoms with Gasteiger partial charge in [0.15, 0.2) is 5.89 Å². The molecular formula is C18H25IN4O6. The maximum Gasteiger partial charge on any atom is 0.408 e. The molecule has 2 atom stereocenters. The lowest BCUT2D eigenvalue weighted by Crippen LogP contribution is -2.71. The van der Waals surface area contributed by atoms with Gasteiger partial charge in [0, 0.05) is 6.04 Å². The summed E-state index contributed by atoms with van der Waals surface area (Å²) in [5, 5.41) is 4.04. The SMILES string of the molecule is COC(=O)[C@H]1NN(C(=O)[C@H](Cc2nc(I)co2)NC(=O)OC(C)(C)C)C2CC1C2. The number of rotatable bonds is 5. The number of hydrogen-bond donors (Lipinski definition) is 2. The molecule has 29 heavy (non-hydrogen) atoms. The molecule has 1 saturated carbocycles. The average molecular weight is 520 g/mol. The third kappa shape index (κ3) is 5.18. The monoisotopic (exact) mass is 520 g/mol. The van der Waals surface area contributed by atoms with Crippen LogP contribution in [0.3, 0.4) is 0 Å². The van der Waals surface area contributed by atoms with E-state index in [-0.39, 0.29) is 24.3 Å². The Bertz CT molecular complexity index is 786. The number of nitrogens with one attached hydrogen (secondary N) is 2. The number of ether oxygens (including phenoxy) is 2. The molecule has 0 unspecified atom stereocenters. The van der Waals surface area contributed by atoms with Crippen molar-refractivity contribution in [3.63, 3.8) is 0 Å². The molecule has 0 aromatic carbocycles. The van der Waals surface area contributed by atoms with Gasteiger partial charge in [-0.3, -0.25) is 14.6 Å². The van der Waals surface area contributed by atoms with E-state index in [4.69, 9.17) is 13.9 Å². The number of methoxy groups -OCH3 is 1. The molecule has 1 aromatic heterocycles. The zero-order chi connectivity index (χ0) is 21.3. The fourth-order valence-electron chi connectivity index (χ4n) is 3.46. The van der Waals surface area contributed by atoms with E-state index in [9.17, 15) is 14.4 Å². The summed E-state index contributed by atoms with van der Waals surface area (Å²) in [5.41, 5.74) is 2.25. The Morgan fingerprint density at radius 1 is 1.41 bits per heavy atom. The van der Waals surface area contributed by atoms with E-state index in [2.05, 4.69) is 15.7 Å². The fraction of sp³-hybridized carbons (Fsp3) is 0.667. The number of halogens is 1. The second kappa shape index (κ2) is 8.46. The predicted octanol–water partition coefficient (Wildman–Crippen LogP) is 1.38. The van der Waals surface area contributed by atoms with Crippen molar-refractivity contribution in [2.75, 3.05) is 7.11 Å². The molecule has 10 nitrogen and oxygen atoms in total. The molecular weight excluding hydrogens is 495 g/mol. The minimum absolute atomic E-state index is 0.0407. The van der Waals surface area contributed by atoms with Gasteiger partial charge in [0.2, 0.25) is 0 Å². The summed E-state index contributed by atoms with van der Waals surface area (Å²) < 4.78 is 16.1. The number of nitrogens with zero attached hydrogens (tertiary/aromatic N) is 2. The molecule has 2 aliphatic heterocycles. The summed E-state index contributed by atoms with van der Waals surface area (Å²) in [6, 6.07) is -1.60. The molecule has 3 fully saturated rings. The highest BCUT2D eigenvalue weighted by molar-refractivity contribution is 14.1. The lowest BCUT2D eigenvalue weighted by Gasteiger charge is -2.52. The summed E-state index contributed by atoms with van der Waals surface area (Å²) in [6.45, 7) is 5.21. The third-order valence-corrected chi connectivity index (χ3v) is 5.34. The smallest absolute Gasteiger partial charge is 0.408 e. The molecule has 160 valence electrons. The number of hydrogen-bond acceptors (Lipinski definition) is 8. The van der Waals surface area contributed by atoms with Gasteiger partial charge in [0.25, 0.3) is 5.91 Å². The van der Waals surface area contributed by atoms with Crippen LogP contribution < -0.4 is 10.7 Å². The first-order valence-electron chi connectivity index (χ1n) is 9.34. The summed E-state index contributed by atoms with van der Waals surface area (Å²) in [6.07, 6.45) is 2.21. The van der Waals surface area contributed by atoms with Gasteiger partial charge < -0.3 is 19.2 Å². The van der Waals surface area contributed by atoms with Gasteiger partial charge in [-0.2, -0.15) is 0 Å². The predicted molar refractivity (Wildman–Crippen MR) is 108 cm³/mol.